The van der Waals surface area contributed by atoms with Gasteiger partial charge in [0.15, 0.2) is 9.84 Å². The number of nitrogens with zero attached hydrogens (tertiary/aromatic N) is 3. The minimum atomic E-state index is -3.81. The minimum absolute atomic E-state index is 0.0738. The van der Waals surface area contributed by atoms with Gasteiger partial charge in [0.1, 0.15) is 23.0 Å². The van der Waals surface area contributed by atoms with Crippen molar-refractivity contribution in [2.24, 2.45) is 0 Å². The SMILES string of the molecule is Cc1nn(CS(=O)(=O)CC(=O)NC[C@@H]2CCCO2)c(C)c1[N+](=O)[O-]. The van der Waals surface area contributed by atoms with E-state index in [4.69, 9.17) is 4.74 Å². The molecule has 0 spiro atoms. The third-order valence-corrected chi connectivity index (χ3v) is 5.09. The van der Waals surface area contributed by atoms with Gasteiger partial charge in [-0.25, -0.2) is 13.1 Å². The highest BCUT2D eigenvalue weighted by Crippen LogP contribution is 2.22. The monoisotopic (exact) mass is 360 g/mol. The minimum Gasteiger partial charge on any atom is -0.376 e. The summed E-state index contributed by atoms with van der Waals surface area (Å²) in [6, 6.07) is 0. The van der Waals surface area contributed by atoms with Gasteiger partial charge >= 0.3 is 5.69 Å². The van der Waals surface area contributed by atoms with Gasteiger partial charge in [0.05, 0.1) is 11.0 Å². The summed E-state index contributed by atoms with van der Waals surface area (Å²) in [7, 11) is -3.81. The van der Waals surface area contributed by atoms with E-state index in [1.54, 1.807) is 0 Å². The standard InChI is InChI=1S/C13H20N4O6S/c1-9-13(17(19)20)10(2)16(15-9)8-24(21,22)7-12(18)14-6-11-4-3-5-23-11/h11H,3-8H2,1-2H3,(H,14,18)/t11-/m0/s1. The van der Waals surface area contributed by atoms with Crippen LogP contribution < -0.4 is 5.32 Å². The highest BCUT2D eigenvalue weighted by Gasteiger charge is 2.26. The van der Waals surface area contributed by atoms with Crippen molar-refractivity contribution in [2.75, 3.05) is 18.9 Å². The fraction of sp³-hybridized carbons (Fsp3) is 0.692. The van der Waals surface area contributed by atoms with Crippen LogP contribution in [0.15, 0.2) is 0 Å². The second-order valence-corrected chi connectivity index (χ2v) is 7.77. The first kappa shape index (κ1) is 18.3. The summed E-state index contributed by atoms with van der Waals surface area (Å²) in [6.07, 6.45) is 1.69. The van der Waals surface area contributed by atoms with Crippen molar-refractivity contribution in [2.45, 2.75) is 38.7 Å². The molecule has 2 rings (SSSR count). The number of carbonyl (C=O) groups is 1. The summed E-state index contributed by atoms with van der Waals surface area (Å²) in [5.74, 6) is -1.91. The Balaban J connectivity index is 1.97. The number of sulfone groups is 1. The maximum absolute atomic E-state index is 12.1. The van der Waals surface area contributed by atoms with Gasteiger partial charge in [-0.1, -0.05) is 0 Å². The number of rotatable bonds is 7. The van der Waals surface area contributed by atoms with Crippen molar-refractivity contribution in [1.82, 2.24) is 15.1 Å². The fourth-order valence-electron chi connectivity index (χ4n) is 2.59. The molecule has 24 heavy (non-hydrogen) atoms. The molecule has 1 aliphatic heterocycles. The molecule has 2 heterocycles. The zero-order chi connectivity index (χ0) is 17.9. The Morgan fingerprint density at radius 3 is 2.75 bits per heavy atom. The number of ether oxygens (including phenoxy) is 1. The Morgan fingerprint density at radius 1 is 1.50 bits per heavy atom. The second kappa shape index (κ2) is 7.26. The van der Waals surface area contributed by atoms with E-state index < -0.39 is 32.3 Å². The lowest BCUT2D eigenvalue weighted by Crippen LogP contribution is -2.36. The Morgan fingerprint density at radius 2 is 2.21 bits per heavy atom. The van der Waals surface area contributed by atoms with Crippen LogP contribution in [0.25, 0.3) is 0 Å². The van der Waals surface area contributed by atoms with Crippen molar-refractivity contribution >= 4 is 21.4 Å². The number of hydrogen-bond donors (Lipinski definition) is 1. The van der Waals surface area contributed by atoms with Crippen molar-refractivity contribution in [3.05, 3.63) is 21.5 Å². The average molecular weight is 360 g/mol. The van der Waals surface area contributed by atoms with Crippen LogP contribution in [0.2, 0.25) is 0 Å². The van der Waals surface area contributed by atoms with Crippen molar-refractivity contribution in [3.8, 4) is 0 Å². The molecule has 0 saturated carbocycles. The molecule has 1 amide bonds. The van der Waals surface area contributed by atoms with Crippen LogP contribution in [0.4, 0.5) is 5.69 Å². The van der Waals surface area contributed by atoms with Crippen molar-refractivity contribution in [1.29, 1.82) is 0 Å². The maximum Gasteiger partial charge on any atom is 0.312 e. The Kier molecular flexibility index (Phi) is 5.54. The summed E-state index contributed by atoms with van der Waals surface area (Å²) in [4.78, 5) is 22.1. The highest BCUT2D eigenvalue weighted by molar-refractivity contribution is 7.91. The molecule has 1 saturated heterocycles. The number of carbonyl (C=O) groups excluding carboxylic acids is 1. The quantitative estimate of drug-likeness (QED) is 0.537. The van der Waals surface area contributed by atoms with Gasteiger partial charge in [0, 0.05) is 13.2 Å². The third-order valence-electron chi connectivity index (χ3n) is 3.75. The Labute approximate surface area is 139 Å². The normalized spacial score (nSPS) is 17.8. The van der Waals surface area contributed by atoms with Crippen LogP contribution in [0.1, 0.15) is 24.2 Å². The summed E-state index contributed by atoms with van der Waals surface area (Å²) >= 11 is 0. The van der Waals surface area contributed by atoms with Gasteiger partial charge in [-0.2, -0.15) is 5.10 Å². The summed E-state index contributed by atoms with van der Waals surface area (Å²) in [5.41, 5.74) is 0.0596. The smallest absolute Gasteiger partial charge is 0.312 e. The number of nitrogens with one attached hydrogen (secondary N) is 1. The average Bonchev–Trinajstić information content (AvgIpc) is 3.04. The molecular formula is C13H20N4O6S. The Hall–Kier alpha value is -2.01. The summed E-state index contributed by atoms with van der Waals surface area (Å²) in [6.45, 7) is 3.78. The van der Waals surface area contributed by atoms with Crippen molar-refractivity contribution in [3.63, 3.8) is 0 Å². The molecule has 1 aliphatic rings. The molecule has 0 aliphatic carbocycles. The summed E-state index contributed by atoms with van der Waals surface area (Å²) < 4.78 is 30.6. The topological polar surface area (TPSA) is 133 Å². The van der Waals surface area contributed by atoms with Crippen LogP contribution in [0, 0.1) is 24.0 Å². The molecule has 10 nitrogen and oxygen atoms in total. The number of nitro groups is 1. The molecule has 1 aromatic heterocycles. The molecular weight excluding hydrogens is 340 g/mol. The first-order valence-corrected chi connectivity index (χ1v) is 9.29. The molecule has 1 N–H and O–H groups in total. The van der Waals surface area contributed by atoms with Crippen LogP contribution in [-0.4, -0.2) is 54.0 Å². The van der Waals surface area contributed by atoms with E-state index in [2.05, 4.69) is 10.4 Å². The molecule has 11 heteroatoms. The zero-order valence-corrected chi connectivity index (χ0v) is 14.3. The highest BCUT2D eigenvalue weighted by atomic mass is 32.2. The van der Waals surface area contributed by atoms with Crippen LogP contribution in [-0.2, 0) is 25.2 Å². The molecule has 1 aromatic rings. The summed E-state index contributed by atoms with van der Waals surface area (Å²) in [5, 5.41) is 17.3. The largest absolute Gasteiger partial charge is 0.376 e. The van der Waals surface area contributed by atoms with E-state index in [0.717, 1.165) is 17.5 Å². The first-order chi connectivity index (χ1) is 11.2. The lowest BCUT2D eigenvalue weighted by molar-refractivity contribution is -0.386. The van der Waals surface area contributed by atoms with E-state index >= 15 is 0 Å². The third kappa shape index (κ3) is 4.51. The van der Waals surface area contributed by atoms with E-state index in [1.165, 1.54) is 13.8 Å². The van der Waals surface area contributed by atoms with E-state index in [1.807, 2.05) is 0 Å². The van der Waals surface area contributed by atoms with Crippen LogP contribution >= 0.6 is 0 Å². The van der Waals surface area contributed by atoms with Gasteiger partial charge < -0.3 is 10.1 Å². The molecule has 1 fully saturated rings. The van der Waals surface area contributed by atoms with Crippen LogP contribution in [0.3, 0.4) is 0 Å². The predicted molar refractivity (Wildman–Crippen MR) is 84.1 cm³/mol. The predicted octanol–water partition coefficient (Wildman–Crippen LogP) is 0.0756. The van der Waals surface area contributed by atoms with E-state index in [0.29, 0.717) is 6.61 Å². The Bertz CT molecular complexity index is 736. The molecule has 0 aromatic carbocycles. The number of aryl methyl sites for hydroxylation is 1. The maximum atomic E-state index is 12.1. The van der Waals surface area contributed by atoms with Gasteiger partial charge in [-0.05, 0) is 26.7 Å². The molecule has 0 unspecified atom stereocenters. The molecule has 0 radical (unpaired) electrons. The molecule has 1 atom stereocenters. The molecule has 134 valence electrons. The first-order valence-electron chi connectivity index (χ1n) is 7.46. The van der Waals surface area contributed by atoms with Gasteiger partial charge in [-0.3, -0.25) is 14.9 Å². The second-order valence-electron chi connectivity index (χ2n) is 5.73. The van der Waals surface area contributed by atoms with Gasteiger partial charge in [0.2, 0.25) is 5.91 Å². The number of aromatic nitrogens is 2. The fourth-order valence-corrected chi connectivity index (χ4v) is 3.81. The van der Waals surface area contributed by atoms with E-state index in [-0.39, 0.29) is 29.7 Å². The van der Waals surface area contributed by atoms with Crippen LogP contribution in [0.5, 0.6) is 0 Å². The lowest BCUT2D eigenvalue weighted by atomic mass is 10.2. The molecule has 0 bridgehead atoms. The van der Waals surface area contributed by atoms with Gasteiger partial charge in [0.25, 0.3) is 0 Å². The number of hydrogen-bond acceptors (Lipinski definition) is 7. The zero-order valence-electron chi connectivity index (χ0n) is 13.5. The number of amides is 1. The van der Waals surface area contributed by atoms with Crippen molar-refractivity contribution < 1.29 is 22.9 Å². The lowest BCUT2D eigenvalue weighted by Gasteiger charge is -2.11. The van der Waals surface area contributed by atoms with E-state index in [9.17, 15) is 23.3 Å². The van der Waals surface area contributed by atoms with Gasteiger partial charge in [-0.15, -0.1) is 0 Å².